The van der Waals surface area contributed by atoms with Crippen LogP contribution in [-0.4, -0.2) is 15.0 Å². The highest BCUT2D eigenvalue weighted by Crippen LogP contribution is 2.40. The lowest BCUT2D eigenvalue weighted by molar-refractivity contribution is 0.453. The van der Waals surface area contributed by atoms with Crippen molar-refractivity contribution in [2.75, 3.05) is 5.73 Å². The van der Waals surface area contributed by atoms with Gasteiger partial charge in [-0.2, -0.15) is 4.98 Å². The number of pyridine rings is 1. The predicted octanol–water partition coefficient (Wildman–Crippen LogP) is 3.09. The van der Waals surface area contributed by atoms with Crippen LogP contribution in [0.2, 0.25) is 5.02 Å². The Bertz CT molecular complexity index is 628. The Kier molecular flexibility index (Phi) is 2.98. The second-order valence-electron chi connectivity index (χ2n) is 4.61. The number of nitrogens with zero attached hydrogens (tertiary/aromatic N) is 3. The van der Waals surface area contributed by atoms with E-state index in [-0.39, 0.29) is 0 Å². The summed E-state index contributed by atoms with van der Waals surface area (Å²) in [6, 6.07) is 1.68. The van der Waals surface area contributed by atoms with E-state index in [1.807, 2.05) is 6.92 Å². The van der Waals surface area contributed by atoms with Crippen LogP contribution < -0.4 is 10.5 Å². The van der Waals surface area contributed by atoms with E-state index >= 15 is 0 Å². The molecule has 0 bridgehead atoms. The summed E-state index contributed by atoms with van der Waals surface area (Å²) in [5.74, 6) is 2.65. The van der Waals surface area contributed by atoms with E-state index in [9.17, 15) is 0 Å². The average molecular weight is 277 g/mol. The minimum atomic E-state index is 0.419. The van der Waals surface area contributed by atoms with Crippen LogP contribution in [0, 0.1) is 6.92 Å². The third-order valence-corrected chi connectivity index (χ3v) is 3.20. The lowest BCUT2D eigenvalue weighted by Crippen LogP contribution is -2.04. The molecule has 0 aromatic carbocycles. The van der Waals surface area contributed by atoms with Crippen LogP contribution in [0.25, 0.3) is 0 Å². The Morgan fingerprint density at radius 2 is 2.11 bits per heavy atom. The number of halogens is 1. The van der Waals surface area contributed by atoms with Gasteiger partial charge in [0.1, 0.15) is 17.4 Å². The molecule has 2 aromatic rings. The number of aromatic nitrogens is 3. The second kappa shape index (κ2) is 4.66. The molecule has 0 spiro atoms. The molecule has 3 rings (SSSR count). The summed E-state index contributed by atoms with van der Waals surface area (Å²) in [6.45, 7) is 1.83. The molecule has 2 aromatic heterocycles. The van der Waals surface area contributed by atoms with E-state index in [2.05, 4.69) is 15.0 Å². The number of nitrogen functional groups attached to an aromatic ring is 1. The van der Waals surface area contributed by atoms with Gasteiger partial charge < -0.3 is 10.5 Å². The van der Waals surface area contributed by atoms with Gasteiger partial charge in [0.2, 0.25) is 5.88 Å². The first-order valence-electron chi connectivity index (χ1n) is 6.06. The molecule has 2 N–H and O–H groups in total. The van der Waals surface area contributed by atoms with Gasteiger partial charge in [0.25, 0.3) is 0 Å². The molecular weight excluding hydrogens is 264 g/mol. The Morgan fingerprint density at radius 1 is 1.32 bits per heavy atom. The molecule has 0 atom stereocenters. The van der Waals surface area contributed by atoms with Gasteiger partial charge in [0.15, 0.2) is 0 Å². The SMILES string of the molecule is Cc1c(N)nc(C2CC2)nc1Oc1cncc(Cl)c1. The average Bonchev–Trinajstić information content (AvgIpc) is 3.19. The van der Waals surface area contributed by atoms with E-state index in [1.54, 1.807) is 18.5 Å². The Balaban J connectivity index is 1.95. The smallest absolute Gasteiger partial charge is 0.227 e. The van der Waals surface area contributed by atoms with Crippen LogP contribution in [-0.2, 0) is 0 Å². The molecule has 2 heterocycles. The lowest BCUT2D eigenvalue weighted by Gasteiger charge is -2.10. The van der Waals surface area contributed by atoms with Crippen LogP contribution in [0.3, 0.4) is 0 Å². The highest BCUT2D eigenvalue weighted by Gasteiger charge is 2.28. The van der Waals surface area contributed by atoms with Gasteiger partial charge in [0, 0.05) is 18.2 Å². The number of nitrogens with two attached hydrogens (primary N) is 1. The minimum Gasteiger partial charge on any atom is -0.437 e. The molecule has 1 aliphatic rings. The molecule has 98 valence electrons. The first-order chi connectivity index (χ1) is 9.13. The highest BCUT2D eigenvalue weighted by atomic mass is 35.5. The molecule has 0 unspecified atom stereocenters. The topological polar surface area (TPSA) is 73.9 Å². The molecule has 0 aliphatic heterocycles. The van der Waals surface area contributed by atoms with Crippen LogP contribution >= 0.6 is 11.6 Å². The maximum absolute atomic E-state index is 5.90. The van der Waals surface area contributed by atoms with Gasteiger partial charge in [-0.05, 0) is 19.8 Å². The summed E-state index contributed by atoms with van der Waals surface area (Å²) >= 11 is 5.87. The monoisotopic (exact) mass is 276 g/mol. The van der Waals surface area contributed by atoms with Crippen molar-refractivity contribution in [3.8, 4) is 11.6 Å². The van der Waals surface area contributed by atoms with Crippen molar-refractivity contribution in [1.29, 1.82) is 0 Å². The zero-order valence-electron chi connectivity index (χ0n) is 10.4. The van der Waals surface area contributed by atoms with Gasteiger partial charge in [-0.15, -0.1) is 0 Å². The predicted molar refractivity (Wildman–Crippen MR) is 72.5 cm³/mol. The Hall–Kier alpha value is -1.88. The van der Waals surface area contributed by atoms with Gasteiger partial charge in [0.05, 0.1) is 16.8 Å². The maximum Gasteiger partial charge on any atom is 0.227 e. The summed E-state index contributed by atoms with van der Waals surface area (Å²) in [7, 11) is 0. The van der Waals surface area contributed by atoms with E-state index in [0.717, 1.165) is 24.2 Å². The summed E-state index contributed by atoms with van der Waals surface area (Å²) in [5.41, 5.74) is 6.62. The van der Waals surface area contributed by atoms with E-state index in [0.29, 0.717) is 28.4 Å². The number of hydrogen-bond donors (Lipinski definition) is 1. The molecule has 1 fully saturated rings. The Morgan fingerprint density at radius 3 is 2.79 bits per heavy atom. The van der Waals surface area contributed by atoms with Gasteiger partial charge in [-0.1, -0.05) is 11.6 Å². The van der Waals surface area contributed by atoms with Crippen LogP contribution in [0.15, 0.2) is 18.5 Å². The minimum absolute atomic E-state index is 0.419. The third-order valence-electron chi connectivity index (χ3n) is 2.99. The fourth-order valence-corrected chi connectivity index (χ4v) is 1.88. The molecule has 0 amide bonds. The molecule has 19 heavy (non-hydrogen) atoms. The molecule has 1 saturated carbocycles. The zero-order chi connectivity index (χ0) is 13.4. The summed E-state index contributed by atoms with van der Waals surface area (Å²) in [5, 5.41) is 0.514. The second-order valence-corrected chi connectivity index (χ2v) is 5.05. The largest absolute Gasteiger partial charge is 0.437 e. The highest BCUT2D eigenvalue weighted by molar-refractivity contribution is 6.30. The van der Waals surface area contributed by atoms with Crippen molar-refractivity contribution in [2.45, 2.75) is 25.7 Å². The van der Waals surface area contributed by atoms with Gasteiger partial charge in [-0.3, -0.25) is 4.98 Å². The van der Waals surface area contributed by atoms with E-state index in [1.165, 1.54) is 0 Å². The fourth-order valence-electron chi connectivity index (χ4n) is 1.71. The number of ether oxygens (including phenoxy) is 1. The lowest BCUT2D eigenvalue weighted by atomic mass is 10.3. The van der Waals surface area contributed by atoms with Crippen molar-refractivity contribution in [3.63, 3.8) is 0 Å². The summed E-state index contributed by atoms with van der Waals surface area (Å²) < 4.78 is 5.71. The van der Waals surface area contributed by atoms with Crippen molar-refractivity contribution >= 4 is 17.4 Å². The van der Waals surface area contributed by atoms with Gasteiger partial charge in [-0.25, -0.2) is 4.98 Å². The summed E-state index contributed by atoms with van der Waals surface area (Å²) in [4.78, 5) is 12.7. The zero-order valence-corrected chi connectivity index (χ0v) is 11.2. The number of anilines is 1. The molecule has 1 aliphatic carbocycles. The van der Waals surface area contributed by atoms with Crippen LogP contribution in [0.4, 0.5) is 5.82 Å². The molecule has 0 radical (unpaired) electrons. The van der Waals surface area contributed by atoms with Crippen LogP contribution in [0.1, 0.15) is 30.1 Å². The molecule has 6 heteroatoms. The van der Waals surface area contributed by atoms with Crippen molar-refractivity contribution in [2.24, 2.45) is 0 Å². The molecule has 0 saturated heterocycles. The quantitative estimate of drug-likeness (QED) is 0.932. The molecule has 5 nitrogen and oxygen atoms in total. The first kappa shape index (κ1) is 12.2. The third kappa shape index (κ3) is 2.61. The first-order valence-corrected chi connectivity index (χ1v) is 6.43. The summed E-state index contributed by atoms with van der Waals surface area (Å²) in [6.07, 6.45) is 5.35. The van der Waals surface area contributed by atoms with E-state index in [4.69, 9.17) is 22.1 Å². The standard InChI is InChI=1S/C13H13ClN4O/c1-7-11(15)17-12(8-2-3-8)18-13(7)19-10-4-9(14)5-16-6-10/h4-6,8H,2-3H2,1H3,(H2,15,17,18). The molecular formula is C13H13ClN4O. The van der Waals surface area contributed by atoms with Gasteiger partial charge >= 0.3 is 0 Å². The van der Waals surface area contributed by atoms with Crippen molar-refractivity contribution in [1.82, 2.24) is 15.0 Å². The van der Waals surface area contributed by atoms with Crippen molar-refractivity contribution in [3.05, 3.63) is 34.9 Å². The normalized spacial score (nSPS) is 14.4. The number of rotatable bonds is 3. The van der Waals surface area contributed by atoms with Crippen molar-refractivity contribution < 1.29 is 4.74 Å². The maximum atomic E-state index is 5.90. The Labute approximate surface area is 115 Å². The number of hydrogen-bond acceptors (Lipinski definition) is 5. The fraction of sp³-hybridized carbons (Fsp3) is 0.308. The van der Waals surface area contributed by atoms with Crippen LogP contribution in [0.5, 0.6) is 11.6 Å². The van der Waals surface area contributed by atoms with E-state index < -0.39 is 0 Å².